The minimum atomic E-state index is 0.308. The molecule has 96 valence electrons. The number of aryl methyl sites for hydroxylation is 1. The van der Waals surface area contributed by atoms with Gasteiger partial charge >= 0.3 is 0 Å². The fourth-order valence-corrected chi connectivity index (χ4v) is 2.70. The van der Waals surface area contributed by atoms with Crippen LogP contribution in [0.1, 0.15) is 19.8 Å². The summed E-state index contributed by atoms with van der Waals surface area (Å²) in [6.45, 7) is 3.15. The van der Waals surface area contributed by atoms with Gasteiger partial charge in [-0.2, -0.15) is 5.10 Å². The van der Waals surface area contributed by atoms with Crippen LogP contribution in [0.15, 0.2) is 12.5 Å². The standard InChI is InChI=1S/C12H18N6/c1-8-5-9(13)3-4-18(8)12-10-6-16-17(2)11(10)14-7-15-12/h6-9H,3-5,13H2,1-2H3. The molecule has 6 heteroatoms. The summed E-state index contributed by atoms with van der Waals surface area (Å²) in [5.74, 6) is 0.979. The van der Waals surface area contributed by atoms with Gasteiger partial charge in [0.1, 0.15) is 12.1 Å². The average Bonchev–Trinajstić information content (AvgIpc) is 2.72. The van der Waals surface area contributed by atoms with Crippen molar-refractivity contribution < 1.29 is 0 Å². The van der Waals surface area contributed by atoms with Crippen molar-refractivity contribution in [1.82, 2.24) is 19.7 Å². The summed E-state index contributed by atoms with van der Waals surface area (Å²) in [6, 6.07) is 0.717. The molecule has 1 saturated heterocycles. The molecule has 2 N–H and O–H groups in total. The molecule has 0 radical (unpaired) electrons. The highest BCUT2D eigenvalue weighted by atomic mass is 15.3. The van der Waals surface area contributed by atoms with E-state index in [1.165, 1.54) is 0 Å². The Morgan fingerprint density at radius 3 is 3.00 bits per heavy atom. The van der Waals surface area contributed by atoms with E-state index >= 15 is 0 Å². The van der Waals surface area contributed by atoms with Crippen LogP contribution in [0.3, 0.4) is 0 Å². The molecule has 0 aromatic carbocycles. The number of anilines is 1. The van der Waals surface area contributed by atoms with Gasteiger partial charge in [-0.05, 0) is 19.8 Å². The van der Waals surface area contributed by atoms with Gasteiger partial charge in [0.05, 0.1) is 11.6 Å². The Morgan fingerprint density at radius 1 is 1.39 bits per heavy atom. The second-order valence-electron chi connectivity index (χ2n) is 5.03. The maximum absolute atomic E-state index is 6.01. The van der Waals surface area contributed by atoms with Gasteiger partial charge in [-0.15, -0.1) is 0 Å². The highest BCUT2D eigenvalue weighted by Gasteiger charge is 2.26. The molecule has 0 saturated carbocycles. The first-order valence-electron chi connectivity index (χ1n) is 6.31. The molecule has 2 unspecified atom stereocenters. The fraction of sp³-hybridized carbons (Fsp3) is 0.583. The first kappa shape index (κ1) is 11.4. The topological polar surface area (TPSA) is 72.9 Å². The molecule has 2 atom stereocenters. The minimum absolute atomic E-state index is 0.308. The summed E-state index contributed by atoms with van der Waals surface area (Å²) >= 11 is 0. The summed E-state index contributed by atoms with van der Waals surface area (Å²) in [4.78, 5) is 11.0. The third-order valence-corrected chi connectivity index (χ3v) is 3.70. The first-order chi connectivity index (χ1) is 8.66. The SMILES string of the molecule is CC1CC(N)CCN1c1ncnc2c1cnn2C. The predicted octanol–water partition coefficient (Wildman–Crippen LogP) is 0.679. The Bertz CT molecular complexity index is 563. The van der Waals surface area contributed by atoms with Crippen molar-refractivity contribution in [3.05, 3.63) is 12.5 Å². The van der Waals surface area contributed by atoms with E-state index in [0.717, 1.165) is 36.2 Å². The van der Waals surface area contributed by atoms with Crippen molar-refractivity contribution >= 4 is 16.9 Å². The molecule has 2 aromatic rings. The molecule has 3 rings (SSSR count). The summed E-state index contributed by atoms with van der Waals surface area (Å²) in [7, 11) is 1.90. The summed E-state index contributed by atoms with van der Waals surface area (Å²) in [6.07, 6.45) is 5.47. The van der Waals surface area contributed by atoms with E-state index < -0.39 is 0 Å². The zero-order chi connectivity index (χ0) is 12.7. The summed E-state index contributed by atoms with van der Waals surface area (Å²) in [5.41, 5.74) is 6.88. The van der Waals surface area contributed by atoms with Crippen LogP contribution in [-0.4, -0.2) is 38.4 Å². The normalized spacial score (nSPS) is 24.7. The van der Waals surface area contributed by atoms with Gasteiger partial charge in [0.15, 0.2) is 5.65 Å². The maximum atomic E-state index is 6.01. The van der Waals surface area contributed by atoms with Crippen molar-refractivity contribution in [3.63, 3.8) is 0 Å². The molecule has 2 aromatic heterocycles. The van der Waals surface area contributed by atoms with Crippen LogP contribution in [0.4, 0.5) is 5.82 Å². The van der Waals surface area contributed by atoms with Crippen LogP contribution in [0.2, 0.25) is 0 Å². The van der Waals surface area contributed by atoms with Gasteiger partial charge < -0.3 is 10.6 Å². The van der Waals surface area contributed by atoms with Crippen molar-refractivity contribution in [3.8, 4) is 0 Å². The molecule has 0 bridgehead atoms. The van der Waals surface area contributed by atoms with Crippen molar-refractivity contribution in [1.29, 1.82) is 0 Å². The van der Waals surface area contributed by atoms with E-state index in [0.29, 0.717) is 12.1 Å². The third-order valence-electron chi connectivity index (χ3n) is 3.70. The molecule has 18 heavy (non-hydrogen) atoms. The predicted molar refractivity (Wildman–Crippen MR) is 70.3 cm³/mol. The van der Waals surface area contributed by atoms with Crippen LogP contribution in [-0.2, 0) is 7.05 Å². The smallest absolute Gasteiger partial charge is 0.163 e. The number of fused-ring (bicyclic) bond motifs is 1. The monoisotopic (exact) mass is 246 g/mol. The van der Waals surface area contributed by atoms with E-state index in [4.69, 9.17) is 5.73 Å². The molecule has 0 amide bonds. The van der Waals surface area contributed by atoms with Crippen molar-refractivity contribution in [2.45, 2.75) is 31.8 Å². The van der Waals surface area contributed by atoms with Crippen molar-refractivity contribution in [2.75, 3.05) is 11.4 Å². The van der Waals surface area contributed by atoms with Crippen molar-refractivity contribution in [2.24, 2.45) is 12.8 Å². The van der Waals surface area contributed by atoms with Gasteiger partial charge in [0.2, 0.25) is 0 Å². The number of hydrogen-bond donors (Lipinski definition) is 1. The third kappa shape index (κ3) is 1.73. The van der Waals surface area contributed by atoms with E-state index in [2.05, 4.69) is 26.9 Å². The number of rotatable bonds is 1. The number of aromatic nitrogens is 4. The van der Waals surface area contributed by atoms with Crippen LogP contribution in [0.5, 0.6) is 0 Å². The second kappa shape index (κ2) is 4.20. The van der Waals surface area contributed by atoms with Gasteiger partial charge in [-0.1, -0.05) is 0 Å². The van der Waals surface area contributed by atoms with E-state index in [9.17, 15) is 0 Å². The number of nitrogens with two attached hydrogens (primary N) is 1. The Labute approximate surface area is 106 Å². The molecule has 1 aliphatic heterocycles. The molecule has 3 heterocycles. The highest BCUT2D eigenvalue weighted by molar-refractivity contribution is 5.86. The average molecular weight is 246 g/mol. The van der Waals surface area contributed by atoms with E-state index in [1.54, 1.807) is 11.0 Å². The molecule has 6 nitrogen and oxygen atoms in total. The maximum Gasteiger partial charge on any atom is 0.163 e. The second-order valence-corrected chi connectivity index (χ2v) is 5.03. The van der Waals surface area contributed by atoms with Crippen LogP contribution < -0.4 is 10.6 Å². The Balaban J connectivity index is 2.04. The molecule has 1 aliphatic rings. The lowest BCUT2D eigenvalue weighted by Crippen LogP contribution is -2.46. The highest BCUT2D eigenvalue weighted by Crippen LogP contribution is 2.27. The fourth-order valence-electron chi connectivity index (χ4n) is 2.70. The lowest BCUT2D eigenvalue weighted by Gasteiger charge is -2.37. The number of piperidine rings is 1. The van der Waals surface area contributed by atoms with Gasteiger partial charge in [-0.3, -0.25) is 4.68 Å². The van der Waals surface area contributed by atoms with Gasteiger partial charge in [0.25, 0.3) is 0 Å². The summed E-state index contributed by atoms with van der Waals surface area (Å²) < 4.78 is 1.78. The Kier molecular flexibility index (Phi) is 2.66. The molecule has 0 spiro atoms. The van der Waals surface area contributed by atoms with Crippen LogP contribution in [0, 0.1) is 0 Å². The molecular formula is C12H18N6. The molecule has 1 fully saturated rings. The zero-order valence-corrected chi connectivity index (χ0v) is 10.7. The quantitative estimate of drug-likeness (QED) is 0.801. The van der Waals surface area contributed by atoms with Gasteiger partial charge in [0, 0.05) is 25.7 Å². The number of hydrogen-bond acceptors (Lipinski definition) is 5. The lowest BCUT2D eigenvalue weighted by atomic mass is 9.99. The van der Waals surface area contributed by atoms with E-state index in [1.807, 2.05) is 13.2 Å². The zero-order valence-electron chi connectivity index (χ0n) is 10.7. The first-order valence-corrected chi connectivity index (χ1v) is 6.31. The molecule has 0 aliphatic carbocycles. The molecular weight excluding hydrogens is 228 g/mol. The van der Waals surface area contributed by atoms with E-state index in [-0.39, 0.29) is 0 Å². The largest absolute Gasteiger partial charge is 0.353 e. The Hall–Kier alpha value is -1.69. The summed E-state index contributed by atoms with van der Waals surface area (Å²) in [5, 5.41) is 5.27. The Morgan fingerprint density at radius 2 is 2.22 bits per heavy atom. The van der Waals surface area contributed by atoms with Crippen LogP contribution >= 0.6 is 0 Å². The minimum Gasteiger partial charge on any atom is -0.353 e. The van der Waals surface area contributed by atoms with Crippen LogP contribution in [0.25, 0.3) is 11.0 Å². The van der Waals surface area contributed by atoms with Gasteiger partial charge in [-0.25, -0.2) is 9.97 Å². The number of nitrogens with zero attached hydrogens (tertiary/aromatic N) is 5. The lowest BCUT2D eigenvalue weighted by molar-refractivity contribution is 0.428.